The summed E-state index contributed by atoms with van der Waals surface area (Å²) in [4.78, 5) is 4.63. The van der Waals surface area contributed by atoms with Crippen LogP contribution in [0.25, 0.3) is 39.0 Å². The van der Waals surface area contributed by atoms with Crippen molar-refractivity contribution in [3.8, 4) is 39.1 Å². The predicted molar refractivity (Wildman–Crippen MR) is 263 cm³/mol. The third kappa shape index (κ3) is 7.62. The molecular weight excluding hydrogens is 765 g/mol. The Balaban J connectivity index is 0.851. The molecule has 0 aromatic heterocycles. The second kappa shape index (κ2) is 16.7. The number of hydrogen-bond donors (Lipinski definition) is 0. The summed E-state index contributed by atoms with van der Waals surface area (Å²) in [5.41, 5.74) is 17.4. The van der Waals surface area contributed by atoms with E-state index in [1.165, 1.54) is 50.1 Å². The van der Waals surface area contributed by atoms with E-state index in [-0.39, 0.29) is 12.0 Å². The lowest BCUT2D eigenvalue weighted by Gasteiger charge is -2.26. The first-order valence-electron chi connectivity index (χ1n) is 21.6. The number of anilines is 6. The number of allylic oxidation sites excluding steroid dienone is 2. The molecule has 0 fully saturated rings. The molecule has 2 unspecified atom stereocenters. The van der Waals surface area contributed by atoms with Gasteiger partial charge in [-0.3, -0.25) is 0 Å². The molecule has 11 rings (SSSR count). The van der Waals surface area contributed by atoms with Crippen LogP contribution in [0, 0.1) is 0 Å². The molecule has 9 aromatic rings. The van der Waals surface area contributed by atoms with Crippen LogP contribution in [-0.4, -0.2) is 6.10 Å². The normalized spacial score (nSPS) is 14.8. The maximum absolute atomic E-state index is 6.51. The summed E-state index contributed by atoms with van der Waals surface area (Å²) in [5.74, 6) is 1.07. The molecule has 0 spiro atoms. The largest absolute Gasteiger partial charge is 0.485 e. The zero-order valence-corrected chi connectivity index (χ0v) is 34.7. The number of nitrogens with zero attached hydrogens (tertiary/aromatic N) is 2. The zero-order valence-electron chi connectivity index (χ0n) is 34.7. The molecule has 300 valence electrons. The van der Waals surface area contributed by atoms with Gasteiger partial charge >= 0.3 is 0 Å². The first-order chi connectivity index (χ1) is 31.2. The monoisotopic (exact) mass is 808 g/mol. The number of para-hydroxylation sites is 2. The van der Waals surface area contributed by atoms with Crippen molar-refractivity contribution in [1.82, 2.24) is 0 Å². The predicted octanol–water partition coefficient (Wildman–Crippen LogP) is 16.1. The number of fused-ring (bicyclic) bond motifs is 3. The molecule has 0 saturated heterocycles. The number of hydrogen-bond acceptors (Lipinski definition) is 3. The molecule has 0 bridgehead atoms. The number of rotatable bonds is 10. The van der Waals surface area contributed by atoms with E-state index in [0.717, 1.165) is 39.9 Å². The van der Waals surface area contributed by atoms with Crippen LogP contribution in [0.15, 0.2) is 255 Å². The van der Waals surface area contributed by atoms with E-state index < -0.39 is 0 Å². The van der Waals surface area contributed by atoms with E-state index in [2.05, 4.69) is 265 Å². The van der Waals surface area contributed by atoms with E-state index in [4.69, 9.17) is 4.74 Å². The van der Waals surface area contributed by atoms with Crippen molar-refractivity contribution in [3.05, 3.63) is 266 Å². The fourth-order valence-electron chi connectivity index (χ4n) is 9.00. The molecule has 3 heteroatoms. The quantitative estimate of drug-likeness (QED) is 0.137. The summed E-state index contributed by atoms with van der Waals surface area (Å²) in [6.45, 7) is 0. The number of ether oxygens (including phenoxy) is 1. The lowest BCUT2D eigenvalue weighted by Crippen LogP contribution is -2.17. The topological polar surface area (TPSA) is 15.7 Å². The lowest BCUT2D eigenvalue weighted by molar-refractivity contribution is 0.269. The van der Waals surface area contributed by atoms with Crippen molar-refractivity contribution in [2.45, 2.75) is 12.0 Å². The summed E-state index contributed by atoms with van der Waals surface area (Å²) in [6.07, 6.45) is 6.79. The van der Waals surface area contributed by atoms with Gasteiger partial charge in [-0.25, -0.2) is 0 Å². The molecule has 0 saturated carbocycles. The SMILES string of the molecule is C1=CC2Oc3ccc(-c4ccc(N(c5ccccc5)c5ccc(-c6ccccc6)cc5)cc4)cc3C2C=C1c1ccc(N(c2ccccc2)c2ccc(-c3ccccc3)cc2)cc1. The molecule has 0 amide bonds. The van der Waals surface area contributed by atoms with E-state index in [0.29, 0.717) is 0 Å². The van der Waals surface area contributed by atoms with Crippen molar-refractivity contribution >= 4 is 39.7 Å². The molecule has 0 radical (unpaired) electrons. The van der Waals surface area contributed by atoms with Crippen molar-refractivity contribution < 1.29 is 4.74 Å². The Morgan fingerprint density at radius 2 is 0.667 bits per heavy atom. The van der Waals surface area contributed by atoms with Gasteiger partial charge in [0.1, 0.15) is 11.9 Å². The van der Waals surface area contributed by atoms with Crippen LogP contribution in [0.4, 0.5) is 34.1 Å². The van der Waals surface area contributed by atoms with Gasteiger partial charge in [-0.15, -0.1) is 0 Å². The molecule has 2 atom stereocenters. The number of benzene rings is 9. The van der Waals surface area contributed by atoms with Crippen LogP contribution < -0.4 is 14.5 Å². The molecular formula is C60H44N2O. The van der Waals surface area contributed by atoms with E-state index in [9.17, 15) is 0 Å². The van der Waals surface area contributed by atoms with Gasteiger partial charge in [-0.2, -0.15) is 0 Å². The fraction of sp³-hybridized carbons (Fsp3) is 0.0333. The minimum atomic E-state index is -0.0270. The van der Waals surface area contributed by atoms with Gasteiger partial charge in [-0.1, -0.05) is 164 Å². The van der Waals surface area contributed by atoms with Gasteiger partial charge in [0.05, 0.1) is 0 Å². The van der Waals surface area contributed by atoms with Gasteiger partial charge in [0.25, 0.3) is 0 Å². The third-order valence-electron chi connectivity index (χ3n) is 12.2. The highest BCUT2D eigenvalue weighted by molar-refractivity contribution is 5.83. The maximum Gasteiger partial charge on any atom is 0.128 e. The molecule has 2 aliphatic rings. The molecule has 0 N–H and O–H groups in total. The van der Waals surface area contributed by atoms with Gasteiger partial charge in [0.15, 0.2) is 0 Å². The Morgan fingerprint density at radius 1 is 0.317 bits per heavy atom. The van der Waals surface area contributed by atoms with Crippen LogP contribution >= 0.6 is 0 Å². The minimum absolute atomic E-state index is 0.0270. The average molecular weight is 809 g/mol. The van der Waals surface area contributed by atoms with Crippen LogP contribution in [-0.2, 0) is 0 Å². The van der Waals surface area contributed by atoms with Gasteiger partial charge < -0.3 is 14.5 Å². The van der Waals surface area contributed by atoms with Crippen molar-refractivity contribution in [3.63, 3.8) is 0 Å². The molecule has 1 heterocycles. The second-order valence-corrected chi connectivity index (χ2v) is 16.1. The molecule has 3 nitrogen and oxygen atoms in total. The summed E-state index contributed by atoms with van der Waals surface area (Å²) in [6, 6.07) is 84.4. The Bertz CT molecular complexity index is 3030. The Labute approximate surface area is 369 Å². The van der Waals surface area contributed by atoms with Crippen LogP contribution in [0.5, 0.6) is 5.75 Å². The van der Waals surface area contributed by atoms with Gasteiger partial charge in [-0.05, 0) is 136 Å². The Kier molecular flexibility index (Phi) is 10.0. The zero-order chi connectivity index (χ0) is 42.0. The lowest BCUT2D eigenvalue weighted by atomic mass is 9.86. The van der Waals surface area contributed by atoms with Crippen LogP contribution in [0.1, 0.15) is 17.0 Å². The Morgan fingerprint density at radius 3 is 1.11 bits per heavy atom. The van der Waals surface area contributed by atoms with E-state index in [1.807, 2.05) is 0 Å². The summed E-state index contributed by atoms with van der Waals surface area (Å²) in [5, 5.41) is 0. The van der Waals surface area contributed by atoms with Crippen LogP contribution in [0.3, 0.4) is 0 Å². The first kappa shape index (κ1) is 37.8. The minimum Gasteiger partial charge on any atom is -0.485 e. The standard InChI is InChI=1S/C60H44N2O/c1-5-13-43(14-6-1)45-21-31-53(32-22-45)61(51-17-9-3-10-18-51)55-35-25-47(26-36-55)49-29-39-59-57(41-49)58-42-50(30-40-60(58)63-59)48-27-37-56(38-28-48)62(52-19-11-4-12-20-52)54-33-23-46(24-34-54)44-15-7-2-8-16-44/h1-42,57,59H. The molecule has 1 aliphatic heterocycles. The van der Waals surface area contributed by atoms with Crippen molar-refractivity contribution in [1.29, 1.82) is 0 Å². The van der Waals surface area contributed by atoms with Gasteiger partial charge in [0, 0.05) is 45.6 Å². The fourth-order valence-corrected chi connectivity index (χ4v) is 9.00. The van der Waals surface area contributed by atoms with Crippen molar-refractivity contribution in [2.75, 3.05) is 9.80 Å². The highest BCUT2D eigenvalue weighted by atomic mass is 16.5. The summed E-state index contributed by atoms with van der Waals surface area (Å²) in [7, 11) is 0. The summed E-state index contributed by atoms with van der Waals surface area (Å²) < 4.78 is 6.51. The second-order valence-electron chi connectivity index (χ2n) is 16.1. The highest BCUT2D eigenvalue weighted by Crippen LogP contribution is 2.46. The first-order valence-corrected chi connectivity index (χ1v) is 21.6. The Hall–Kier alpha value is -8.14. The maximum atomic E-state index is 6.51. The van der Waals surface area contributed by atoms with Crippen LogP contribution in [0.2, 0.25) is 0 Å². The third-order valence-corrected chi connectivity index (χ3v) is 12.2. The molecule has 63 heavy (non-hydrogen) atoms. The van der Waals surface area contributed by atoms with E-state index >= 15 is 0 Å². The van der Waals surface area contributed by atoms with Crippen molar-refractivity contribution in [2.24, 2.45) is 0 Å². The average Bonchev–Trinajstić information content (AvgIpc) is 3.74. The highest BCUT2D eigenvalue weighted by Gasteiger charge is 2.34. The molecule has 9 aromatic carbocycles. The van der Waals surface area contributed by atoms with Gasteiger partial charge in [0.2, 0.25) is 0 Å². The summed E-state index contributed by atoms with van der Waals surface area (Å²) >= 11 is 0. The smallest absolute Gasteiger partial charge is 0.128 e. The van der Waals surface area contributed by atoms with E-state index in [1.54, 1.807) is 0 Å². The molecule has 1 aliphatic carbocycles.